The van der Waals surface area contributed by atoms with E-state index in [4.69, 9.17) is 9.15 Å². The van der Waals surface area contributed by atoms with Crippen molar-refractivity contribution in [2.24, 2.45) is 0 Å². The minimum Gasteiger partial charge on any atom is -0.497 e. The van der Waals surface area contributed by atoms with E-state index in [1.807, 2.05) is 24.3 Å². The van der Waals surface area contributed by atoms with E-state index in [0.717, 1.165) is 11.1 Å². The molecule has 0 saturated carbocycles. The van der Waals surface area contributed by atoms with Gasteiger partial charge in [0.15, 0.2) is 0 Å². The molecule has 0 fully saturated rings. The van der Waals surface area contributed by atoms with E-state index in [2.05, 4.69) is 21.2 Å². The molecule has 0 saturated heterocycles. The van der Waals surface area contributed by atoms with Crippen LogP contribution in [0.2, 0.25) is 0 Å². The van der Waals surface area contributed by atoms with Crippen LogP contribution in [0.4, 0.5) is 5.88 Å². The van der Waals surface area contributed by atoms with Gasteiger partial charge in [-0.2, -0.15) is 0 Å². The van der Waals surface area contributed by atoms with E-state index in [1.54, 1.807) is 31.4 Å². The summed E-state index contributed by atoms with van der Waals surface area (Å²) in [6, 6.07) is 14.4. The van der Waals surface area contributed by atoms with Gasteiger partial charge in [-0.25, -0.2) is 0 Å². The Kier molecular flexibility index (Phi) is 3.66. The van der Waals surface area contributed by atoms with Gasteiger partial charge in [-0.1, -0.05) is 18.2 Å². The molecular weight excluding hydrogens is 334 g/mol. The lowest BCUT2D eigenvalue weighted by atomic mass is 10.2. The maximum Gasteiger partial charge on any atom is 0.258 e. The molecule has 0 unspecified atom stereocenters. The molecule has 0 bridgehead atoms. The molecule has 3 aromatic rings. The number of anilines is 1. The number of carbonyl (C=O) groups is 1. The summed E-state index contributed by atoms with van der Waals surface area (Å²) >= 11 is 3.45. The third kappa shape index (κ3) is 2.64. The SMILES string of the molecule is COc1ccc2oc(NC(=O)c3ccccc3)c(Br)c2c1. The van der Waals surface area contributed by atoms with Crippen LogP contribution in [0.1, 0.15) is 10.4 Å². The van der Waals surface area contributed by atoms with Crippen LogP contribution in [0.15, 0.2) is 57.4 Å². The Hall–Kier alpha value is -2.27. The van der Waals surface area contributed by atoms with Crippen LogP contribution in [-0.4, -0.2) is 13.0 Å². The van der Waals surface area contributed by atoms with Crippen molar-refractivity contribution in [3.05, 3.63) is 58.6 Å². The monoisotopic (exact) mass is 345 g/mol. The highest BCUT2D eigenvalue weighted by Crippen LogP contribution is 2.36. The molecular formula is C16H12BrNO3. The van der Waals surface area contributed by atoms with Gasteiger partial charge in [0.25, 0.3) is 5.91 Å². The number of fused-ring (bicyclic) bond motifs is 1. The fourth-order valence-corrected chi connectivity index (χ4v) is 2.51. The van der Waals surface area contributed by atoms with Crippen LogP contribution in [-0.2, 0) is 0 Å². The number of hydrogen-bond donors (Lipinski definition) is 1. The molecule has 1 heterocycles. The minimum atomic E-state index is -0.220. The zero-order valence-electron chi connectivity index (χ0n) is 11.2. The van der Waals surface area contributed by atoms with Gasteiger partial charge in [-0.3, -0.25) is 10.1 Å². The first kappa shape index (κ1) is 13.7. The summed E-state index contributed by atoms with van der Waals surface area (Å²) < 4.78 is 11.5. The molecule has 5 heteroatoms. The lowest BCUT2D eigenvalue weighted by Crippen LogP contribution is -2.11. The number of ether oxygens (including phenoxy) is 1. The van der Waals surface area contributed by atoms with Gasteiger partial charge in [-0.05, 0) is 46.3 Å². The number of carbonyl (C=O) groups excluding carboxylic acids is 1. The van der Waals surface area contributed by atoms with Crippen LogP contribution >= 0.6 is 15.9 Å². The fourth-order valence-electron chi connectivity index (χ4n) is 2.02. The smallest absolute Gasteiger partial charge is 0.258 e. The Morgan fingerprint density at radius 3 is 2.67 bits per heavy atom. The van der Waals surface area contributed by atoms with Crippen molar-refractivity contribution in [1.82, 2.24) is 0 Å². The maximum atomic E-state index is 12.1. The number of amides is 1. The molecule has 1 amide bonds. The quantitative estimate of drug-likeness (QED) is 0.762. The van der Waals surface area contributed by atoms with Crippen LogP contribution < -0.4 is 10.1 Å². The molecule has 0 atom stereocenters. The first-order valence-electron chi connectivity index (χ1n) is 6.31. The van der Waals surface area contributed by atoms with Crippen molar-refractivity contribution in [2.75, 3.05) is 12.4 Å². The van der Waals surface area contributed by atoms with Crippen molar-refractivity contribution in [2.45, 2.75) is 0 Å². The first-order chi connectivity index (χ1) is 10.2. The predicted molar refractivity (Wildman–Crippen MR) is 84.9 cm³/mol. The van der Waals surface area contributed by atoms with Crippen LogP contribution in [0.3, 0.4) is 0 Å². The van der Waals surface area contributed by atoms with Gasteiger partial charge < -0.3 is 9.15 Å². The van der Waals surface area contributed by atoms with E-state index >= 15 is 0 Å². The fraction of sp³-hybridized carbons (Fsp3) is 0.0625. The van der Waals surface area contributed by atoms with Crippen molar-refractivity contribution in [1.29, 1.82) is 0 Å². The second-order valence-electron chi connectivity index (χ2n) is 4.43. The molecule has 2 aromatic carbocycles. The van der Waals surface area contributed by atoms with E-state index in [-0.39, 0.29) is 5.91 Å². The Bertz CT molecular complexity index is 796. The molecule has 0 spiro atoms. The van der Waals surface area contributed by atoms with Crippen molar-refractivity contribution >= 4 is 38.7 Å². The average molecular weight is 346 g/mol. The Morgan fingerprint density at radius 2 is 1.95 bits per heavy atom. The highest BCUT2D eigenvalue weighted by Gasteiger charge is 2.15. The highest BCUT2D eigenvalue weighted by atomic mass is 79.9. The second kappa shape index (κ2) is 5.61. The minimum absolute atomic E-state index is 0.220. The zero-order valence-corrected chi connectivity index (χ0v) is 12.8. The van der Waals surface area contributed by atoms with Gasteiger partial charge in [0, 0.05) is 10.9 Å². The number of methoxy groups -OCH3 is 1. The lowest BCUT2D eigenvalue weighted by Gasteiger charge is -2.01. The Labute approximate surface area is 129 Å². The lowest BCUT2D eigenvalue weighted by molar-refractivity contribution is 0.102. The molecule has 0 radical (unpaired) electrons. The molecule has 1 aromatic heterocycles. The van der Waals surface area contributed by atoms with E-state index in [1.165, 1.54) is 0 Å². The van der Waals surface area contributed by atoms with E-state index in [0.29, 0.717) is 21.5 Å². The van der Waals surface area contributed by atoms with E-state index in [9.17, 15) is 4.79 Å². The summed E-state index contributed by atoms with van der Waals surface area (Å²) in [4.78, 5) is 12.1. The number of rotatable bonds is 3. The van der Waals surface area contributed by atoms with E-state index < -0.39 is 0 Å². The summed E-state index contributed by atoms with van der Waals surface area (Å²) in [6.45, 7) is 0. The summed E-state index contributed by atoms with van der Waals surface area (Å²) in [5.74, 6) is 0.888. The Morgan fingerprint density at radius 1 is 1.19 bits per heavy atom. The van der Waals surface area contributed by atoms with Gasteiger partial charge in [-0.15, -0.1) is 0 Å². The predicted octanol–water partition coefficient (Wildman–Crippen LogP) is 4.46. The van der Waals surface area contributed by atoms with Gasteiger partial charge in [0.2, 0.25) is 5.88 Å². The molecule has 0 aliphatic carbocycles. The van der Waals surface area contributed by atoms with Crippen molar-refractivity contribution in [3.63, 3.8) is 0 Å². The topological polar surface area (TPSA) is 51.5 Å². The number of furan rings is 1. The third-order valence-corrected chi connectivity index (χ3v) is 3.88. The number of hydrogen-bond acceptors (Lipinski definition) is 3. The van der Waals surface area contributed by atoms with Crippen molar-refractivity contribution in [3.8, 4) is 5.75 Å². The summed E-state index contributed by atoms with van der Waals surface area (Å²) in [7, 11) is 1.60. The Balaban J connectivity index is 1.94. The number of benzene rings is 2. The van der Waals surface area contributed by atoms with Crippen LogP contribution in [0.25, 0.3) is 11.0 Å². The van der Waals surface area contributed by atoms with Gasteiger partial charge in [0.1, 0.15) is 11.3 Å². The van der Waals surface area contributed by atoms with Gasteiger partial charge in [0.05, 0.1) is 11.6 Å². The molecule has 4 nitrogen and oxygen atoms in total. The first-order valence-corrected chi connectivity index (χ1v) is 7.11. The van der Waals surface area contributed by atoms with Gasteiger partial charge >= 0.3 is 0 Å². The highest BCUT2D eigenvalue weighted by molar-refractivity contribution is 9.10. The number of nitrogens with one attached hydrogen (secondary N) is 1. The summed E-state index contributed by atoms with van der Waals surface area (Å²) in [5, 5.41) is 3.61. The van der Waals surface area contributed by atoms with Crippen LogP contribution in [0, 0.1) is 0 Å². The number of halogens is 1. The normalized spacial score (nSPS) is 10.6. The summed E-state index contributed by atoms with van der Waals surface area (Å²) in [6.07, 6.45) is 0. The zero-order chi connectivity index (χ0) is 14.8. The molecule has 21 heavy (non-hydrogen) atoms. The molecule has 1 N–H and O–H groups in total. The molecule has 0 aliphatic rings. The summed E-state index contributed by atoms with van der Waals surface area (Å²) in [5.41, 5.74) is 1.24. The maximum absolute atomic E-state index is 12.1. The van der Waals surface area contributed by atoms with Crippen LogP contribution in [0.5, 0.6) is 5.75 Å². The molecule has 0 aliphatic heterocycles. The largest absolute Gasteiger partial charge is 0.497 e. The van der Waals surface area contributed by atoms with Crippen molar-refractivity contribution < 1.29 is 13.9 Å². The molecule has 106 valence electrons. The average Bonchev–Trinajstić information content (AvgIpc) is 2.84. The second-order valence-corrected chi connectivity index (χ2v) is 5.22. The standard InChI is InChI=1S/C16H12BrNO3/c1-20-11-7-8-13-12(9-11)14(17)16(21-13)18-15(19)10-5-3-2-4-6-10/h2-9H,1H3,(H,18,19). The third-order valence-electron chi connectivity index (χ3n) is 3.10. The molecule has 3 rings (SSSR count).